The van der Waals surface area contributed by atoms with Gasteiger partial charge >= 0.3 is 17.8 Å². The molecule has 1 saturated carbocycles. The van der Waals surface area contributed by atoms with Crippen LogP contribution in [-0.4, -0.2) is 40.2 Å². The highest BCUT2D eigenvalue weighted by atomic mass is 16.2. The lowest BCUT2D eigenvalue weighted by Crippen LogP contribution is -2.34. The van der Waals surface area contributed by atoms with Gasteiger partial charge in [0.2, 0.25) is 0 Å². The number of hydrogen-bond acceptors (Lipinski definition) is 3. The van der Waals surface area contributed by atoms with Crippen molar-refractivity contribution in [3.63, 3.8) is 0 Å². The molecule has 4 amide bonds. The average Bonchev–Trinajstić information content (AvgIpc) is 2.86. The molecule has 0 radical (unpaired) electrons. The lowest BCUT2D eigenvalue weighted by Gasteiger charge is -2.12. The van der Waals surface area contributed by atoms with Crippen molar-refractivity contribution in [3.05, 3.63) is 0 Å². The first-order valence-corrected chi connectivity index (χ1v) is 4.35. The van der Waals surface area contributed by atoms with E-state index in [4.69, 9.17) is 0 Å². The Morgan fingerprint density at radius 2 is 1.85 bits per heavy atom. The third-order valence-corrected chi connectivity index (χ3v) is 2.31. The van der Waals surface area contributed by atoms with Crippen molar-refractivity contribution in [2.24, 2.45) is 0 Å². The summed E-state index contributed by atoms with van der Waals surface area (Å²) in [5, 5.41) is 0. The van der Waals surface area contributed by atoms with E-state index in [2.05, 4.69) is 0 Å². The zero-order valence-electron chi connectivity index (χ0n) is 7.32. The van der Waals surface area contributed by atoms with Gasteiger partial charge in [0.15, 0.2) is 0 Å². The van der Waals surface area contributed by atoms with Gasteiger partial charge in [0, 0.05) is 12.6 Å². The molecule has 5 heteroatoms. The van der Waals surface area contributed by atoms with Crippen LogP contribution in [0.3, 0.4) is 0 Å². The Labute approximate surface area is 75.3 Å². The largest absolute Gasteiger partial charge is 0.334 e. The van der Waals surface area contributed by atoms with Gasteiger partial charge in [0.25, 0.3) is 0 Å². The van der Waals surface area contributed by atoms with Gasteiger partial charge in [0.05, 0.1) is 0 Å². The number of carbonyl (C=O) groups is 3. The van der Waals surface area contributed by atoms with Gasteiger partial charge in [-0.2, -0.15) is 0 Å². The second-order valence-electron chi connectivity index (χ2n) is 3.24. The number of likely N-dealkylation sites (N-methyl/N-ethyl adjacent to an activating group) is 1. The molecule has 0 aromatic rings. The van der Waals surface area contributed by atoms with Gasteiger partial charge in [-0.05, 0) is 19.8 Å². The molecule has 0 aromatic carbocycles. The summed E-state index contributed by atoms with van der Waals surface area (Å²) in [7, 11) is 0. The second kappa shape index (κ2) is 2.55. The van der Waals surface area contributed by atoms with Crippen LogP contribution in [0.4, 0.5) is 4.79 Å². The van der Waals surface area contributed by atoms with E-state index in [1.807, 2.05) is 0 Å². The zero-order valence-corrected chi connectivity index (χ0v) is 7.32. The summed E-state index contributed by atoms with van der Waals surface area (Å²) in [5.74, 6) is -1.34. The average molecular weight is 182 g/mol. The van der Waals surface area contributed by atoms with Gasteiger partial charge < -0.3 is 0 Å². The molecular formula is C8H10N2O3. The molecule has 0 aromatic heterocycles. The highest BCUT2D eigenvalue weighted by Crippen LogP contribution is 2.30. The van der Waals surface area contributed by atoms with Crippen LogP contribution in [0.25, 0.3) is 0 Å². The van der Waals surface area contributed by atoms with Crippen LogP contribution < -0.4 is 0 Å². The van der Waals surface area contributed by atoms with Crippen LogP contribution in [-0.2, 0) is 9.59 Å². The summed E-state index contributed by atoms with van der Waals surface area (Å²) in [6.07, 6.45) is 1.67. The molecule has 2 rings (SSSR count). The van der Waals surface area contributed by atoms with Crippen molar-refractivity contribution >= 4 is 17.8 Å². The topological polar surface area (TPSA) is 57.7 Å². The summed E-state index contributed by atoms with van der Waals surface area (Å²) >= 11 is 0. The van der Waals surface area contributed by atoms with Gasteiger partial charge in [-0.25, -0.2) is 4.79 Å². The quantitative estimate of drug-likeness (QED) is 0.444. The maximum absolute atomic E-state index is 11.4. The van der Waals surface area contributed by atoms with Crippen molar-refractivity contribution in [1.29, 1.82) is 0 Å². The number of rotatable bonds is 2. The van der Waals surface area contributed by atoms with E-state index < -0.39 is 17.8 Å². The molecule has 1 aliphatic carbocycles. The van der Waals surface area contributed by atoms with Crippen LogP contribution in [0.2, 0.25) is 0 Å². The minimum absolute atomic E-state index is 0.0134. The van der Waals surface area contributed by atoms with E-state index in [-0.39, 0.29) is 12.6 Å². The van der Waals surface area contributed by atoms with Crippen LogP contribution in [0.1, 0.15) is 19.8 Å². The third-order valence-electron chi connectivity index (χ3n) is 2.31. The van der Waals surface area contributed by atoms with Gasteiger partial charge in [-0.15, -0.1) is 0 Å². The number of urea groups is 1. The molecule has 13 heavy (non-hydrogen) atoms. The predicted molar refractivity (Wildman–Crippen MR) is 42.7 cm³/mol. The molecule has 2 aliphatic rings. The summed E-state index contributed by atoms with van der Waals surface area (Å²) in [6.45, 7) is 1.95. The van der Waals surface area contributed by atoms with Crippen molar-refractivity contribution in [2.45, 2.75) is 25.8 Å². The lowest BCUT2D eigenvalue weighted by atomic mass is 10.5. The van der Waals surface area contributed by atoms with Crippen molar-refractivity contribution in [1.82, 2.24) is 9.80 Å². The van der Waals surface area contributed by atoms with Crippen LogP contribution in [0, 0.1) is 0 Å². The van der Waals surface area contributed by atoms with E-state index >= 15 is 0 Å². The molecular weight excluding hydrogens is 172 g/mol. The monoisotopic (exact) mass is 182 g/mol. The van der Waals surface area contributed by atoms with Crippen molar-refractivity contribution < 1.29 is 14.4 Å². The highest BCUT2D eigenvalue weighted by Gasteiger charge is 2.49. The number of nitrogens with zero attached hydrogens (tertiary/aromatic N) is 2. The van der Waals surface area contributed by atoms with Crippen LogP contribution in [0.5, 0.6) is 0 Å². The smallest absolute Gasteiger partial charge is 0.263 e. The minimum atomic E-state index is -0.681. The maximum atomic E-state index is 11.4. The van der Waals surface area contributed by atoms with E-state index in [1.165, 1.54) is 0 Å². The molecule has 1 heterocycles. The lowest BCUT2D eigenvalue weighted by molar-refractivity contribution is -0.143. The van der Waals surface area contributed by atoms with E-state index in [1.54, 1.807) is 6.92 Å². The second-order valence-corrected chi connectivity index (χ2v) is 3.24. The predicted octanol–water partition coefficient (Wildman–Crippen LogP) is -0.0405. The molecule has 2 fully saturated rings. The van der Waals surface area contributed by atoms with E-state index in [0.717, 1.165) is 22.6 Å². The van der Waals surface area contributed by atoms with Gasteiger partial charge in [-0.3, -0.25) is 19.4 Å². The van der Waals surface area contributed by atoms with Gasteiger partial charge in [-0.1, -0.05) is 0 Å². The molecule has 0 spiro atoms. The number of hydrogen-bond donors (Lipinski definition) is 0. The normalized spacial score (nSPS) is 23.3. The fourth-order valence-corrected chi connectivity index (χ4v) is 1.46. The first kappa shape index (κ1) is 8.22. The Bertz CT molecular complexity index is 296. The summed E-state index contributed by atoms with van der Waals surface area (Å²) in [5.41, 5.74) is 0. The number of amides is 4. The Morgan fingerprint density at radius 3 is 2.23 bits per heavy atom. The van der Waals surface area contributed by atoms with E-state index in [9.17, 15) is 14.4 Å². The van der Waals surface area contributed by atoms with Crippen molar-refractivity contribution in [3.8, 4) is 0 Å². The molecule has 0 atom stereocenters. The first-order valence-electron chi connectivity index (χ1n) is 4.35. The molecule has 0 unspecified atom stereocenters. The molecule has 0 N–H and O–H groups in total. The maximum Gasteiger partial charge on any atom is 0.334 e. The molecule has 0 bridgehead atoms. The summed E-state index contributed by atoms with van der Waals surface area (Å²) in [4.78, 5) is 36.0. The standard InChI is InChI=1S/C8H10N2O3/c1-2-9-6(11)7(12)10(8(9)13)5-3-4-5/h5H,2-4H2,1H3. The molecule has 5 nitrogen and oxygen atoms in total. The van der Waals surface area contributed by atoms with Gasteiger partial charge in [0.1, 0.15) is 0 Å². The summed E-state index contributed by atoms with van der Waals surface area (Å²) in [6, 6.07) is -0.458. The summed E-state index contributed by atoms with van der Waals surface area (Å²) < 4.78 is 0. The Balaban J connectivity index is 2.26. The number of carbonyl (C=O) groups excluding carboxylic acids is 3. The fourth-order valence-electron chi connectivity index (χ4n) is 1.46. The first-order chi connectivity index (χ1) is 6.16. The molecule has 1 aliphatic heterocycles. The Hall–Kier alpha value is -1.39. The fraction of sp³-hybridized carbons (Fsp3) is 0.625. The minimum Gasteiger partial charge on any atom is -0.263 e. The molecule has 70 valence electrons. The Kier molecular flexibility index (Phi) is 1.61. The SMILES string of the molecule is CCN1C(=O)C(=O)N(C2CC2)C1=O. The van der Waals surface area contributed by atoms with Crippen LogP contribution >= 0.6 is 0 Å². The van der Waals surface area contributed by atoms with Crippen LogP contribution in [0.15, 0.2) is 0 Å². The zero-order chi connectivity index (χ0) is 9.59. The third kappa shape index (κ3) is 1.03. The molecule has 1 saturated heterocycles. The highest BCUT2D eigenvalue weighted by molar-refractivity contribution is 6.44. The van der Waals surface area contributed by atoms with Crippen molar-refractivity contribution in [2.75, 3.05) is 6.54 Å². The van der Waals surface area contributed by atoms with E-state index in [0.29, 0.717) is 0 Å². The Morgan fingerprint density at radius 1 is 1.23 bits per heavy atom. The number of imide groups is 2.